The zero-order valence-corrected chi connectivity index (χ0v) is 28.0. The van der Waals surface area contributed by atoms with Gasteiger partial charge in [0.15, 0.2) is 6.10 Å². The predicted molar refractivity (Wildman–Crippen MR) is 182 cm³/mol. The van der Waals surface area contributed by atoms with Crippen LogP contribution in [0.1, 0.15) is 46.5 Å². The van der Waals surface area contributed by atoms with Crippen LogP contribution in [0.2, 0.25) is 5.02 Å². The molecule has 0 radical (unpaired) electrons. The standard InChI is InChI=1S/C38H30BrClN2O5/c1-3-19-13-22(39)15-29-30(38(46)47-18(2)35(43)21-5-4-6-23(40)14-21)17-31(41-34(19)29)20-7-9-24(10-8-20)42-36(44)32-25-11-12-26(28-16-27(25)28)33(32)37(42)45/h4-15,17-18,25-28,32-33H,3,16H2,1-2H3. The van der Waals surface area contributed by atoms with Crippen molar-refractivity contribution in [1.29, 1.82) is 0 Å². The van der Waals surface area contributed by atoms with E-state index in [-0.39, 0.29) is 46.8 Å². The van der Waals surface area contributed by atoms with Crippen LogP contribution in [0.4, 0.5) is 5.69 Å². The Hall–Kier alpha value is -4.14. The number of allylic oxidation sites excluding steroid dienone is 2. The number of hydrogen-bond donors (Lipinski definition) is 0. The molecule has 2 bridgehead atoms. The van der Waals surface area contributed by atoms with Gasteiger partial charge in [-0.2, -0.15) is 0 Å². The van der Waals surface area contributed by atoms with E-state index < -0.39 is 12.1 Å². The van der Waals surface area contributed by atoms with Gasteiger partial charge in [0, 0.05) is 26.0 Å². The van der Waals surface area contributed by atoms with E-state index in [1.165, 1.54) is 4.90 Å². The number of carbonyl (C=O) groups is 4. The summed E-state index contributed by atoms with van der Waals surface area (Å²) in [4.78, 5) is 60.4. The predicted octanol–water partition coefficient (Wildman–Crippen LogP) is 7.87. The minimum Gasteiger partial charge on any atom is -0.451 e. The molecule has 236 valence electrons. The Morgan fingerprint density at radius 3 is 2.30 bits per heavy atom. The van der Waals surface area contributed by atoms with Crippen molar-refractivity contribution in [3.63, 3.8) is 0 Å². The summed E-state index contributed by atoms with van der Waals surface area (Å²) in [5.41, 5.74) is 3.97. The molecule has 0 N–H and O–H groups in total. The van der Waals surface area contributed by atoms with Crippen molar-refractivity contribution in [1.82, 2.24) is 4.98 Å². The van der Waals surface area contributed by atoms with Gasteiger partial charge in [0.05, 0.1) is 34.3 Å². The lowest BCUT2D eigenvalue weighted by molar-refractivity contribution is -0.124. The summed E-state index contributed by atoms with van der Waals surface area (Å²) < 4.78 is 6.52. The number of rotatable bonds is 7. The molecule has 47 heavy (non-hydrogen) atoms. The highest BCUT2D eigenvalue weighted by Gasteiger charge is 2.67. The summed E-state index contributed by atoms with van der Waals surface area (Å²) in [6.45, 7) is 3.56. The molecule has 4 aliphatic carbocycles. The Balaban J connectivity index is 1.12. The first-order valence-electron chi connectivity index (χ1n) is 15.9. The number of hydrogen-bond acceptors (Lipinski definition) is 6. The van der Waals surface area contributed by atoms with Gasteiger partial charge in [-0.25, -0.2) is 9.78 Å². The fourth-order valence-corrected chi connectivity index (χ4v) is 8.79. The van der Waals surface area contributed by atoms with E-state index in [1.54, 1.807) is 49.4 Å². The number of aryl methyl sites for hydroxylation is 1. The summed E-state index contributed by atoms with van der Waals surface area (Å²) in [6.07, 6.45) is 5.07. The SMILES string of the molecule is CCc1cc(Br)cc2c(C(=O)OC(C)C(=O)c3cccc(Cl)c3)cc(-c3ccc(N4C(=O)C5C6C=CC(C7CC67)C5C4=O)cc3)nc12. The highest BCUT2D eigenvalue weighted by molar-refractivity contribution is 9.10. The van der Waals surface area contributed by atoms with Crippen molar-refractivity contribution in [2.75, 3.05) is 4.90 Å². The molecule has 2 heterocycles. The summed E-state index contributed by atoms with van der Waals surface area (Å²) in [6, 6.07) is 19.2. The molecule has 1 aromatic heterocycles. The van der Waals surface area contributed by atoms with E-state index in [4.69, 9.17) is 21.3 Å². The second-order valence-corrected chi connectivity index (χ2v) is 14.4. The topological polar surface area (TPSA) is 93.6 Å². The molecule has 0 spiro atoms. The number of ketones is 1. The van der Waals surface area contributed by atoms with E-state index in [0.717, 1.165) is 16.5 Å². The summed E-state index contributed by atoms with van der Waals surface area (Å²) in [7, 11) is 0. The molecule has 5 aliphatic rings. The van der Waals surface area contributed by atoms with E-state index in [2.05, 4.69) is 28.1 Å². The molecule has 7 nitrogen and oxygen atoms in total. The van der Waals surface area contributed by atoms with Crippen LogP contribution in [-0.4, -0.2) is 34.7 Å². The quantitative estimate of drug-likeness (QED) is 0.0840. The first-order chi connectivity index (χ1) is 22.6. The first kappa shape index (κ1) is 30.2. The molecule has 9 rings (SSSR count). The van der Waals surface area contributed by atoms with Gasteiger partial charge < -0.3 is 4.74 Å². The van der Waals surface area contributed by atoms with Crippen LogP contribution in [0.15, 0.2) is 83.4 Å². The number of pyridine rings is 1. The number of carbonyl (C=O) groups excluding carboxylic acids is 4. The van der Waals surface area contributed by atoms with E-state index in [1.807, 2.05) is 31.2 Å². The van der Waals surface area contributed by atoms with E-state index in [0.29, 0.717) is 56.7 Å². The van der Waals surface area contributed by atoms with Crippen LogP contribution in [0.3, 0.4) is 0 Å². The van der Waals surface area contributed by atoms with Crippen molar-refractivity contribution in [3.8, 4) is 11.3 Å². The Kier molecular flexibility index (Phi) is 7.22. The average Bonchev–Trinajstić information content (AvgIpc) is 3.85. The van der Waals surface area contributed by atoms with Gasteiger partial charge >= 0.3 is 5.97 Å². The Labute approximate surface area is 285 Å². The number of nitrogens with zero attached hydrogens (tertiary/aromatic N) is 2. The van der Waals surface area contributed by atoms with Gasteiger partial charge in [-0.3, -0.25) is 19.3 Å². The summed E-state index contributed by atoms with van der Waals surface area (Å²) in [5, 5.41) is 1.01. The second-order valence-electron chi connectivity index (χ2n) is 13.0. The maximum Gasteiger partial charge on any atom is 0.339 e. The van der Waals surface area contributed by atoms with E-state index >= 15 is 0 Å². The zero-order valence-electron chi connectivity index (χ0n) is 25.7. The third-order valence-electron chi connectivity index (χ3n) is 10.4. The zero-order chi connectivity index (χ0) is 32.7. The van der Waals surface area contributed by atoms with Crippen molar-refractivity contribution in [3.05, 3.63) is 105 Å². The van der Waals surface area contributed by atoms with Crippen molar-refractivity contribution in [2.24, 2.45) is 35.5 Å². The van der Waals surface area contributed by atoms with Gasteiger partial charge in [0.2, 0.25) is 17.6 Å². The fraction of sp³-hybridized carbons (Fsp3) is 0.289. The van der Waals surface area contributed by atoms with Crippen molar-refractivity contribution >= 4 is 67.7 Å². The minimum absolute atomic E-state index is 0.106. The second kappa shape index (κ2) is 11.2. The van der Waals surface area contributed by atoms with Crippen LogP contribution < -0.4 is 4.90 Å². The number of halogens is 2. The number of amides is 2. The van der Waals surface area contributed by atoms with Crippen LogP contribution in [0, 0.1) is 35.5 Å². The lowest BCUT2D eigenvalue weighted by Crippen LogP contribution is -2.40. The number of aromatic nitrogens is 1. The molecular formula is C38H30BrClN2O5. The molecule has 2 amide bonds. The molecule has 4 aromatic rings. The van der Waals surface area contributed by atoms with Gasteiger partial charge in [-0.05, 0) is 91.5 Å². The minimum atomic E-state index is -1.06. The maximum absolute atomic E-state index is 13.7. The Morgan fingerprint density at radius 1 is 0.979 bits per heavy atom. The Morgan fingerprint density at radius 2 is 1.66 bits per heavy atom. The maximum atomic E-state index is 13.7. The lowest BCUT2D eigenvalue weighted by atomic mass is 9.63. The molecular weight excluding hydrogens is 680 g/mol. The number of imide groups is 1. The molecule has 7 atom stereocenters. The van der Waals surface area contributed by atoms with Crippen LogP contribution >= 0.6 is 27.5 Å². The number of Topliss-reactive ketones (excluding diaryl/α,β-unsaturated/α-hetero) is 1. The van der Waals surface area contributed by atoms with Crippen LogP contribution in [0.25, 0.3) is 22.2 Å². The van der Waals surface area contributed by atoms with E-state index in [9.17, 15) is 19.2 Å². The van der Waals surface area contributed by atoms with Gasteiger partial charge in [0.25, 0.3) is 0 Å². The molecule has 9 heteroatoms. The molecule has 1 saturated heterocycles. The highest BCUT2D eigenvalue weighted by atomic mass is 79.9. The third-order valence-corrected chi connectivity index (χ3v) is 11.1. The average molecular weight is 710 g/mol. The molecule has 3 aromatic carbocycles. The van der Waals surface area contributed by atoms with Crippen LogP contribution in [0.5, 0.6) is 0 Å². The monoisotopic (exact) mass is 708 g/mol. The third kappa shape index (κ3) is 4.87. The number of benzene rings is 3. The normalized spacial score (nSPS) is 25.9. The fourth-order valence-electron chi connectivity index (χ4n) is 8.09. The largest absolute Gasteiger partial charge is 0.451 e. The van der Waals surface area contributed by atoms with Crippen molar-refractivity contribution in [2.45, 2.75) is 32.8 Å². The van der Waals surface area contributed by atoms with Crippen LogP contribution in [-0.2, 0) is 20.7 Å². The molecule has 2 saturated carbocycles. The van der Waals surface area contributed by atoms with Gasteiger partial charge in [-0.15, -0.1) is 0 Å². The molecule has 1 aliphatic heterocycles. The lowest BCUT2D eigenvalue weighted by Gasteiger charge is -2.37. The number of anilines is 1. The number of fused-ring (bicyclic) bond motifs is 1. The number of ether oxygens (including phenoxy) is 1. The smallest absolute Gasteiger partial charge is 0.339 e. The van der Waals surface area contributed by atoms with Gasteiger partial charge in [-0.1, -0.05) is 70.9 Å². The number of esters is 1. The highest BCUT2D eigenvalue weighted by Crippen LogP contribution is 2.65. The molecule has 3 fully saturated rings. The van der Waals surface area contributed by atoms with Crippen molar-refractivity contribution < 1.29 is 23.9 Å². The molecule has 7 unspecified atom stereocenters. The van der Waals surface area contributed by atoms with Gasteiger partial charge in [0.1, 0.15) is 0 Å². The summed E-state index contributed by atoms with van der Waals surface area (Å²) >= 11 is 9.64. The first-order valence-corrected chi connectivity index (χ1v) is 17.1. The summed E-state index contributed by atoms with van der Waals surface area (Å²) in [5.74, 6) is -0.370. The Bertz CT molecular complexity index is 2020.